The molecule has 0 saturated carbocycles. The van der Waals surface area contributed by atoms with E-state index < -0.39 is 5.82 Å². The maximum Gasteiger partial charge on any atom is 0.267 e. The normalized spacial score (nSPS) is 10.9. The van der Waals surface area contributed by atoms with E-state index in [1.165, 1.54) is 33.6 Å². The van der Waals surface area contributed by atoms with Gasteiger partial charge in [0.1, 0.15) is 11.5 Å². The first-order chi connectivity index (χ1) is 10.5. The van der Waals surface area contributed by atoms with Crippen LogP contribution in [-0.2, 0) is 6.54 Å². The van der Waals surface area contributed by atoms with Gasteiger partial charge in [-0.3, -0.25) is 4.79 Å². The summed E-state index contributed by atoms with van der Waals surface area (Å²) in [5, 5.41) is 12.1. The Kier molecular flexibility index (Phi) is 3.72. The second-order valence-electron chi connectivity index (χ2n) is 4.72. The van der Waals surface area contributed by atoms with Gasteiger partial charge in [0.25, 0.3) is 5.56 Å². The van der Waals surface area contributed by atoms with Gasteiger partial charge in [-0.2, -0.15) is 5.10 Å². The van der Waals surface area contributed by atoms with Crippen LogP contribution in [0.15, 0.2) is 41.3 Å². The molecule has 3 aromatic rings. The quantitative estimate of drug-likeness (QED) is 0.740. The zero-order valence-electron chi connectivity index (χ0n) is 11.6. The van der Waals surface area contributed by atoms with E-state index in [-0.39, 0.29) is 17.1 Å². The van der Waals surface area contributed by atoms with Crippen LogP contribution in [0.1, 0.15) is 11.4 Å². The van der Waals surface area contributed by atoms with Crippen LogP contribution in [0.2, 0.25) is 5.02 Å². The highest BCUT2D eigenvalue weighted by Gasteiger charge is 2.08. The number of rotatable bonds is 3. The predicted molar refractivity (Wildman–Crippen MR) is 78.7 cm³/mol. The maximum absolute atomic E-state index is 13.2. The van der Waals surface area contributed by atoms with Crippen molar-refractivity contribution >= 4 is 11.6 Å². The van der Waals surface area contributed by atoms with Crippen LogP contribution in [0.4, 0.5) is 4.39 Å². The standard InChI is InChI=1S/C14H11ClFN5O/c1-9-2-5-14(22)21(18-9)8-10-7-20(19-17-10)11-3-4-13(16)12(15)6-11/h2-7H,8H2,1H3. The predicted octanol–water partition coefficient (Wildman–Crippen LogP) is 1.97. The molecule has 0 aliphatic rings. The van der Waals surface area contributed by atoms with Crippen LogP contribution in [0.3, 0.4) is 0 Å². The first kappa shape index (κ1) is 14.4. The number of benzene rings is 1. The summed E-state index contributed by atoms with van der Waals surface area (Å²) in [6, 6.07) is 7.34. The fourth-order valence-corrected chi connectivity index (χ4v) is 2.12. The van der Waals surface area contributed by atoms with Gasteiger partial charge < -0.3 is 0 Å². The van der Waals surface area contributed by atoms with Crippen molar-refractivity contribution in [1.82, 2.24) is 24.8 Å². The highest BCUT2D eigenvalue weighted by Crippen LogP contribution is 2.18. The first-order valence-electron chi connectivity index (χ1n) is 6.44. The molecule has 0 aliphatic heterocycles. The molecule has 0 unspecified atom stereocenters. The Hall–Kier alpha value is -2.54. The molecule has 22 heavy (non-hydrogen) atoms. The lowest BCUT2D eigenvalue weighted by molar-refractivity contribution is 0.616. The lowest BCUT2D eigenvalue weighted by atomic mass is 10.3. The van der Waals surface area contributed by atoms with Crippen molar-refractivity contribution in [3.05, 3.63) is 69.1 Å². The third-order valence-corrected chi connectivity index (χ3v) is 3.31. The van der Waals surface area contributed by atoms with Crippen LogP contribution >= 0.6 is 11.6 Å². The summed E-state index contributed by atoms with van der Waals surface area (Å²) in [4.78, 5) is 11.7. The molecule has 3 rings (SSSR count). The third-order valence-electron chi connectivity index (χ3n) is 3.02. The Morgan fingerprint density at radius 1 is 1.27 bits per heavy atom. The molecular formula is C14H11ClFN5O. The Balaban J connectivity index is 1.89. The minimum Gasteiger partial charge on any atom is -0.268 e. The van der Waals surface area contributed by atoms with E-state index >= 15 is 0 Å². The van der Waals surface area contributed by atoms with Gasteiger partial charge in [-0.05, 0) is 31.2 Å². The van der Waals surface area contributed by atoms with E-state index in [4.69, 9.17) is 11.6 Å². The summed E-state index contributed by atoms with van der Waals surface area (Å²) in [5.41, 5.74) is 1.65. The number of hydrogen-bond donors (Lipinski definition) is 0. The summed E-state index contributed by atoms with van der Waals surface area (Å²) in [6.45, 7) is 2.00. The van der Waals surface area contributed by atoms with E-state index in [0.717, 1.165) is 5.69 Å². The van der Waals surface area contributed by atoms with Crippen molar-refractivity contribution in [2.24, 2.45) is 0 Å². The molecular weight excluding hydrogens is 309 g/mol. The van der Waals surface area contributed by atoms with Crippen LogP contribution < -0.4 is 5.56 Å². The highest BCUT2D eigenvalue weighted by molar-refractivity contribution is 6.30. The topological polar surface area (TPSA) is 65.6 Å². The van der Waals surface area contributed by atoms with Crippen LogP contribution in [0.25, 0.3) is 5.69 Å². The lowest BCUT2D eigenvalue weighted by Gasteiger charge is -2.02. The highest BCUT2D eigenvalue weighted by atomic mass is 35.5. The minimum absolute atomic E-state index is 0.00567. The van der Waals surface area contributed by atoms with Crippen LogP contribution in [0, 0.1) is 12.7 Å². The summed E-state index contributed by atoms with van der Waals surface area (Å²) in [7, 11) is 0. The lowest BCUT2D eigenvalue weighted by Crippen LogP contribution is -2.23. The maximum atomic E-state index is 13.2. The average Bonchev–Trinajstić information content (AvgIpc) is 2.94. The largest absolute Gasteiger partial charge is 0.268 e. The Bertz CT molecular complexity index is 889. The molecule has 0 amide bonds. The van der Waals surface area contributed by atoms with E-state index in [1.54, 1.807) is 19.2 Å². The van der Waals surface area contributed by atoms with Gasteiger partial charge in [-0.15, -0.1) is 5.10 Å². The molecule has 0 aliphatic carbocycles. The van der Waals surface area contributed by atoms with E-state index in [2.05, 4.69) is 15.4 Å². The number of hydrogen-bond acceptors (Lipinski definition) is 4. The van der Waals surface area contributed by atoms with Crippen molar-refractivity contribution in [2.75, 3.05) is 0 Å². The average molecular weight is 320 g/mol. The van der Waals surface area contributed by atoms with E-state index in [1.807, 2.05) is 0 Å². The summed E-state index contributed by atoms with van der Waals surface area (Å²) in [5.74, 6) is -0.499. The molecule has 1 aromatic carbocycles. The number of aryl methyl sites for hydroxylation is 1. The van der Waals surface area contributed by atoms with Crippen molar-refractivity contribution < 1.29 is 4.39 Å². The summed E-state index contributed by atoms with van der Waals surface area (Å²) < 4.78 is 15.9. The molecule has 0 bridgehead atoms. The van der Waals surface area contributed by atoms with Crippen molar-refractivity contribution in [1.29, 1.82) is 0 Å². The molecule has 0 N–H and O–H groups in total. The first-order valence-corrected chi connectivity index (χ1v) is 6.82. The van der Waals surface area contributed by atoms with E-state index in [9.17, 15) is 9.18 Å². The summed E-state index contributed by atoms with van der Waals surface area (Å²) >= 11 is 5.75. The second kappa shape index (κ2) is 5.69. The number of halogens is 2. The minimum atomic E-state index is -0.499. The molecule has 0 saturated heterocycles. The molecule has 0 atom stereocenters. The van der Waals surface area contributed by atoms with Gasteiger partial charge in [0.15, 0.2) is 0 Å². The van der Waals surface area contributed by atoms with Gasteiger partial charge in [-0.1, -0.05) is 16.8 Å². The fraction of sp³-hybridized carbons (Fsp3) is 0.143. The molecule has 2 heterocycles. The monoisotopic (exact) mass is 319 g/mol. The van der Waals surface area contributed by atoms with Crippen molar-refractivity contribution in [3.8, 4) is 5.69 Å². The van der Waals surface area contributed by atoms with Crippen molar-refractivity contribution in [2.45, 2.75) is 13.5 Å². The molecule has 6 nitrogen and oxygen atoms in total. The molecule has 0 radical (unpaired) electrons. The van der Waals surface area contributed by atoms with Crippen molar-refractivity contribution in [3.63, 3.8) is 0 Å². The van der Waals surface area contributed by atoms with Gasteiger partial charge in [0.2, 0.25) is 0 Å². The third kappa shape index (κ3) is 2.89. The Morgan fingerprint density at radius 3 is 2.86 bits per heavy atom. The second-order valence-corrected chi connectivity index (χ2v) is 5.13. The molecule has 8 heteroatoms. The van der Waals surface area contributed by atoms with Gasteiger partial charge in [0, 0.05) is 6.07 Å². The van der Waals surface area contributed by atoms with Gasteiger partial charge in [0.05, 0.1) is 29.1 Å². The number of aromatic nitrogens is 5. The molecule has 0 spiro atoms. The molecule has 2 aromatic heterocycles. The van der Waals surface area contributed by atoms with E-state index in [0.29, 0.717) is 11.4 Å². The zero-order valence-corrected chi connectivity index (χ0v) is 12.3. The zero-order chi connectivity index (χ0) is 15.7. The molecule has 0 fully saturated rings. The van der Waals surface area contributed by atoms with Gasteiger partial charge >= 0.3 is 0 Å². The molecule has 112 valence electrons. The Labute approximate surface area is 129 Å². The number of nitrogens with zero attached hydrogens (tertiary/aromatic N) is 5. The smallest absolute Gasteiger partial charge is 0.267 e. The van der Waals surface area contributed by atoms with Gasteiger partial charge in [-0.25, -0.2) is 13.8 Å². The Morgan fingerprint density at radius 2 is 2.09 bits per heavy atom. The van der Waals surface area contributed by atoms with Crippen LogP contribution in [-0.4, -0.2) is 24.8 Å². The summed E-state index contributed by atoms with van der Waals surface area (Å²) in [6.07, 6.45) is 1.64. The SMILES string of the molecule is Cc1ccc(=O)n(Cc2cn(-c3ccc(F)c(Cl)c3)nn2)n1. The van der Waals surface area contributed by atoms with Crippen LogP contribution in [0.5, 0.6) is 0 Å². The fourth-order valence-electron chi connectivity index (χ4n) is 1.94.